The first-order valence-corrected chi connectivity index (χ1v) is 9.76. The van der Waals surface area contributed by atoms with Crippen LogP contribution in [0.1, 0.15) is 90.8 Å². The summed E-state index contributed by atoms with van der Waals surface area (Å²) in [5.41, 5.74) is 0. The van der Waals surface area contributed by atoms with Gasteiger partial charge in [-0.1, -0.05) is 63.3 Å². The molecule has 4 heteroatoms. The summed E-state index contributed by atoms with van der Waals surface area (Å²) in [7, 11) is 0. The average Bonchev–Trinajstić information content (AvgIpc) is 2.63. The second-order valence-electron chi connectivity index (χ2n) is 6.00. The van der Waals surface area contributed by atoms with Crippen LogP contribution >= 0.6 is 11.6 Å². The Kier molecular flexibility index (Phi) is 12.8. The van der Waals surface area contributed by atoms with Crippen LogP contribution in [0.15, 0.2) is 24.3 Å². The third kappa shape index (κ3) is 19.4. The predicted molar refractivity (Wildman–Crippen MR) is 107 cm³/mol. The molecule has 0 radical (unpaired) electrons. The van der Waals surface area contributed by atoms with Crippen molar-refractivity contribution in [2.24, 2.45) is 0 Å². The molecular formula is C21H37ClO3. The van der Waals surface area contributed by atoms with Crippen LogP contribution < -0.4 is 0 Å². The van der Waals surface area contributed by atoms with Crippen molar-refractivity contribution < 1.29 is 21.5 Å². The van der Waals surface area contributed by atoms with Gasteiger partial charge in [0.15, 0.2) is 0 Å². The monoisotopic (exact) mass is 377 g/mol. The third-order valence-corrected chi connectivity index (χ3v) is 3.86. The standard InChI is InChI=1S/C21H37ClO3/c1-2-3-4-5-6-7-8-9-10-11-12-13-14-15-16-17-21(24)25-19-20(23)18-22/h6-7,9-10,20,23H,2-5,8,11-19H2,1H3/b7-6-,10-9-/i18D2,19D2,20D. The molecule has 3 nitrogen and oxygen atoms in total. The molecular weight excluding hydrogens is 336 g/mol. The Morgan fingerprint density at radius 2 is 1.68 bits per heavy atom. The molecule has 0 aliphatic rings. The van der Waals surface area contributed by atoms with Crippen LogP contribution in [0, 0.1) is 0 Å². The fraction of sp³-hybridized carbons (Fsp3) is 0.762. The minimum absolute atomic E-state index is 0.0641. The van der Waals surface area contributed by atoms with Crippen molar-refractivity contribution in [3.8, 4) is 0 Å². The highest BCUT2D eigenvalue weighted by Gasteiger charge is 2.07. The Labute approximate surface area is 166 Å². The number of unbranched alkanes of at least 4 members (excludes halogenated alkanes) is 8. The van der Waals surface area contributed by atoms with Gasteiger partial charge in [-0.25, -0.2) is 0 Å². The summed E-state index contributed by atoms with van der Waals surface area (Å²) < 4.78 is 41.0. The lowest BCUT2D eigenvalue weighted by Gasteiger charge is -2.07. The van der Waals surface area contributed by atoms with Gasteiger partial charge in [-0.15, -0.1) is 11.6 Å². The van der Waals surface area contributed by atoms with E-state index in [9.17, 15) is 9.90 Å². The Bertz CT molecular complexity index is 531. The minimum atomic E-state index is -3.42. The highest BCUT2D eigenvalue weighted by atomic mass is 35.5. The van der Waals surface area contributed by atoms with E-state index < -0.39 is 24.4 Å². The van der Waals surface area contributed by atoms with Crippen LogP contribution in [0.2, 0.25) is 0 Å². The van der Waals surface area contributed by atoms with E-state index in [2.05, 4.69) is 36.0 Å². The van der Waals surface area contributed by atoms with Crippen molar-refractivity contribution >= 4 is 17.6 Å². The summed E-state index contributed by atoms with van der Waals surface area (Å²) in [6.07, 6.45) is 16.6. The first kappa shape index (κ1) is 16.4. The highest BCUT2D eigenvalue weighted by Crippen LogP contribution is 2.09. The van der Waals surface area contributed by atoms with Crippen molar-refractivity contribution in [2.75, 3.05) is 12.4 Å². The van der Waals surface area contributed by atoms with Crippen LogP contribution in [-0.4, -0.2) is 29.5 Å². The molecule has 0 rings (SSSR count). The van der Waals surface area contributed by atoms with Crippen molar-refractivity contribution in [3.63, 3.8) is 0 Å². The molecule has 0 aromatic rings. The minimum Gasteiger partial charge on any atom is -0.463 e. The normalized spacial score (nSPS) is 18.3. The topological polar surface area (TPSA) is 46.5 Å². The second kappa shape index (κ2) is 19.5. The molecule has 0 spiro atoms. The molecule has 1 N–H and O–H groups in total. The number of rotatable bonds is 17. The Morgan fingerprint density at radius 3 is 2.32 bits per heavy atom. The zero-order valence-electron chi connectivity index (χ0n) is 20.4. The molecule has 0 aromatic heterocycles. The van der Waals surface area contributed by atoms with Gasteiger partial charge in [0.25, 0.3) is 0 Å². The number of allylic oxidation sites excluding steroid dienone is 4. The van der Waals surface area contributed by atoms with Crippen LogP contribution in [0.5, 0.6) is 0 Å². The molecule has 0 amide bonds. The van der Waals surface area contributed by atoms with Gasteiger partial charge in [0.1, 0.15) is 12.6 Å². The number of carbonyl (C=O) groups excluding carboxylic acids is 1. The van der Waals surface area contributed by atoms with Crippen molar-refractivity contribution in [2.45, 2.75) is 90.1 Å². The fourth-order valence-electron chi connectivity index (χ4n) is 2.26. The van der Waals surface area contributed by atoms with Gasteiger partial charge >= 0.3 is 5.97 Å². The van der Waals surface area contributed by atoms with Gasteiger partial charge in [0.2, 0.25) is 0 Å². The SMILES string of the molecule is [2H]C([2H])(Cl)C([2H])(O)C([2H])([2H])OC(=O)CCCCCCC/C=C\C/C=C\CCCCC. The summed E-state index contributed by atoms with van der Waals surface area (Å²) in [6, 6.07) is 0. The van der Waals surface area contributed by atoms with Crippen LogP contribution in [0.25, 0.3) is 0 Å². The van der Waals surface area contributed by atoms with Crippen molar-refractivity contribution in [1.82, 2.24) is 0 Å². The summed E-state index contributed by atoms with van der Waals surface area (Å²) >= 11 is 5.20. The molecule has 0 aliphatic carbocycles. The van der Waals surface area contributed by atoms with E-state index in [1.54, 1.807) is 0 Å². The van der Waals surface area contributed by atoms with E-state index in [0.29, 0.717) is 6.42 Å². The number of alkyl halides is 1. The zero-order chi connectivity index (χ0) is 23.1. The Hall–Kier alpha value is -0.800. The van der Waals surface area contributed by atoms with E-state index >= 15 is 0 Å². The lowest BCUT2D eigenvalue weighted by atomic mass is 10.1. The molecule has 0 aromatic carbocycles. The lowest BCUT2D eigenvalue weighted by molar-refractivity contribution is -0.146. The summed E-state index contributed by atoms with van der Waals surface area (Å²) in [5.74, 6) is -4.05. The Balaban J connectivity index is 3.80. The van der Waals surface area contributed by atoms with Crippen molar-refractivity contribution in [1.29, 1.82) is 0 Å². The molecule has 25 heavy (non-hydrogen) atoms. The van der Waals surface area contributed by atoms with Crippen LogP contribution in [-0.2, 0) is 9.53 Å². The quantitative estimate of drug-likeness (QED) is 0.147. The molecule has 0 bridgehead atoms. The van der Waals surface area contributed by atoms with Crippen molar-refractivity contribution in [3.05, 3.63) is 24.3 Å². The molecule has 0 fully saturated rings. The van der Waals surface area contributed by atoms with Gasteiger partial charge in [-0.05, 0) is 38.5 Å². The zero-order valence-corrected chi connectivity index (χ0v) is 16.2. The van der Waals surface area contributed by atoms with Crippen LogP contribution in [0.4, 0.5) is 0 Å². The second-order valence-corrected chi connectivity index (χ2v) is 6.19. The predicted octanol–water partition coefficient (Wildman–Crippen LogP) is 5.94. The summed E-state index contributed by atoms with van der Waals surface area (Å²) in [5, 5.41) is 9.63. The lowest BCUT2D eigenvalue weighted by Crippen LogP contribution is -2.19. The number of esters is 1. The highest BCUT2D eigenvalue weighted by molar-refractivity contribution is 6.18. The van der Waals surface area contributed by atoms with E-state index in [1.807, 2.05) is 0 Å². The van der Waals surface area contributed by atoms with E-state index in [-0.39, 0.29) is 6.42 Å². The van der Waals surface area contributed by atoms with Gasteiger partial charge in [-0.2, -0.15) is 0 Å². The average molecular weight is 378 g/mol. The maximum absolute atomic E-state index is 11.7. The van der Waals surface area contributed by atoms with E-state index in [4.69, 9.17) is 18.5 Å². The maximum atomic E-state index is 11.7. The number of hydrogen-bond acceptors (Lipinski definition) is 3. The number of carbonyl (C=O) groups is 1. The van der Waals surface area contributed by atoms with Gasteiger partial charge in [0, 0.05) is 9.16 Å². The molecule has 0 aliphatic heterocycles. The first-order valence-electron chi connectivity index (χ1n) is 11.9. The number of aliphatic hydroxyl groups is 1. The molecule has 0 heterocycles. The molecule has 0 saturated heterocycles. The number of hydrogen-bond donors (Lipinski definition) is 1. The van der Waals surface area contributed by atoms with E-state index in [0.717, 1.165) is 44.9 Å². The summed E-state index contributed by atoms with van der Waals surface area (Å²) in [4.78, 5) is 11.7. The number of halogens is 1. The van der Waals surface area contributed by atoms with E-state index in [1.165, 1.54) is 19.3 Å². The fourth-order valence-corrected chi connectivity index (χ4v) is 2.29. The third-order valence-electron chi connectivity index (χ3n) is 3.68. The van der Waals surface area contributed by atoms with Gasteiger partial charge in [0.05, 0.1) is 9.94 Å². The first-order chi connectivity index (χ1) is 14.0. The maximum Gasteiger partial charge on any atom is 0.305 e. The molecule has 146 valence electrons. The number of ether oxygens (including phenoxy) is 1. The van der Waals surface area contributed by atoms with Gasteiger partial charge < -0.3 is 9.84 Å². The van der Waals surface area contributed by atoms with Gasteiger partial charge in [-0.3, -0.25) is 4.79 Å². The van der Waals surface area contributed by atoms with Crippen LogP contribution in [0.3, 0.4) is 0 Å². The molecule has 1 atom stereocenters. The smallest absolute Gasteiger partial charge is 0.305 e. The molecule has 1 unspecified atom stereocenters. The Morgan fingerprint density at radius 1 is 1.08 bits per heavy atom. The molecule has 0 saturated carbocycles. The largest absolute Gasteiger partial charge is 0.463 e. The summed E-state index contributed by atoms with van der Waals surface area (Å²) in [6.45, 7) is -1.05.